The van der Waals surface area contributed by atoms with E-state index >= 15 is 0 Å². The minimum atomic E-state index is -1.18. The van der Waals surface area contributed by atoms with Gasteiger partial charge in [0.15, 0.2) is 11.4 Å². The first kappa shape index (κ1) is 24.2. The standard InChI is InChI=1S/C28H33NO5/c1-19-12-14-22(15-13-19)26-29-24(25(34-26)21-9-5-4-6-10-21)18-32-23-11-7-8-20(16-23)17-33-28(2,3)27(30)31/h4-6,9-10,12-15,20,23H,7-8,11,16-18H2,1-3H3,(H,30,31). The van der Waals surface area contributed by atoms with Gasteiger partial charge >= 0.3 is 5.97 Å². The van der Waals surface area contributed by atoms with Crippen molar-refractivity contribution in [1.82, 2.24) is 4.98 Å². The highest BCUT2D eigenvalue weighted by Gasteiger charge is 2.31. The fraction of sp³-hybridized carbons (Fsp3) is 0.429. The highest BCUT2D eigenvalue weighted by atomic mass is 16.5. The molecular weight excluding hydrogens is 430 g/mol. The fourth-order valence-electron chi connectivity index (χ4n) is 4.21. The van der Waals surface area contributed by atoms with Crippen molar-refractivity contribution in [1.29, 1.82) is 0 Å². The quantitative estimate of drug-likeness (QED) is 0.403. The van der Waals surface area contributed by atoms with Gasteiger partial charge in [-0.25, -0.2) is 9.78 Å². The summed E-state index contributed by atoms with van der Waals surface area (Å²) < 4.78 is 18.2. The van der Waals surface area contributed by atoms with E-state index in [1.807, 2.05) is 54.6 Å². The van der Waals surface area contributed by atoms with Gasteiger partial charge in [0.2, 0.25) is 5.89 Å². The first-order valence-corrected chi connectivity index (χ1v) is 11.9. The van der Waals surface area contributed by atoms with Gasteiger partial charge in [-0.1, -0.05) is 54.4 Å². The van der Waals surface area contributed by atoms with E-state index in [-0.39, 0.29) is 12.0 Å². The predicted octanol–water partition coefficient (Wildman–Crippen LogP) is 6.27. The molecule has 1 fully saturated rings. The predicted molar refractivity (Wildman–Crippen MR) is 130 cm³/mol. The van der Waals surface area contributed by atoms with E-state index in [1.54, 1.807) is 13.8 Å². The molecule has 1 aromatic heterocycles. The third-order valence-electron chi connectivity index (χ3n) is 6.42. The van der Waals surface area contributed by atoms with Gasteiger partial charge in [-0.05, 0) is 58.1 Å². The van der Waals surface area contributed by atoms with Crippen LogP contribution in [0.5, 0.6) is 0 Å². The molecule has 0 aliphatic heterocycles. The molecule has 2 atom stereocenters. The van der Waals surface area contributed by atoms with E-state index in [4.69, 9.17) is 18.9 Å². The largest absolute Gasteiger partial charge is 0.479 e. The minimum Gasteiger partial charge on any atom is -0.479 e. The van der Waals surface area contributed by atoms with Crippen molar-refractivity contribution >= 4 is 5.97 Å². The molecular formula is C28H33NO5. The van der Waals surface area contributed by atoms with E-state index in [9.17, 15) is 9.90 Å². The number of rotatable bonds is 9. The molecule has 2 unspecified atom stereocenters. The number of nitrogens with zero attached hydrogens (tertiary/aromatic N) is 1. The normalized spacial score (nSPS) is 18.7. The van der Waals surface area contributed by atoms with Crippen molar-refractivity contribution in [2.45, 2.75) is 64.8 Å². The summed E-state index contributed by atoms with van der Waals surface area (Å²) >= 11 is 0. The molecule has 180 valence electrons. The summed E-state index contributed by atoms with van der Waals surface area (Å²) in [6.07, 6.45) is 3.96. The van der Waals surface area contributed by atoms with Crippen LogP contribution in [0.1, 0.15) is 50.8 Å². The summed E-state index contributed by atoms with van der Waals surface area (Å²) in [6, 6.07) is 18.1. The van der Waals surface area contributed by atoms with Crippen LogP contribution in [-0.2, 0) is 20.9 Å². The molecule has 6 heteroatoms. The fourth-order valence-corrected chi connectivity index (χ4v) is 4.21. The van der Waals surface area contributed by atoms with Crippen LogP contribution in [0.4, 0.5) is 0 Å². The molecule has 0 saturated heterocycles. The number of aryl methyl sites for hydroxylation is 1. The van der Waals surface area contributed by atoms with E-state index < -0.39 is 11.6 Å². The van der Waals surface area contributed by atoms with Gasteiger partial charge in [0.05, 0.1) is 19.3 Å². The van der Waals surface area contributed by atoms with Crippen LogP contribution in [0.2, 0.25) is 0 Å². The number of aliphatic carboxylic acids is 1. The molecule has 0 radical (unpaired) electrons. The SMILES string of the molecule is Cc1ccc(-c2nc(COC3CCCC(COC(C)(C)C(=O)O)C3)c(-c3ccccc3)o2)cc1. The lowest BCUT2D eigenvalue weighted by Gasteiger charge is -2.31. The molecule has 2 aromatic carbocycles. The molecule has 1 aliphatic rings. The second-order valence-electron chi connectivity index (χ2n) is 9.62. The molecule has 34 heavy (non-hydrogen) atoms. The van der Waals surface area contributed by atoms with Crippen LogP contribution < -0.4 is 0 Å². The summed E-state index contributed by atoms with van der Waals surface area (Å²) in [5, 5.41) is 9.29. The number of carboxylic acids is 1. The second kappa shape index (κ2) is 10.5. The van der Waals surface area contributed by atoms with Crippen LogP contribution in [0.15, 0.2) is 59.0 Å². The lowest BCUT2D eigenvalue weighted by atomic mass is 9.87. The van der Waals surface area contributed by atoms with Crippen LogP contribution in [0, 0.1) is 12.8 Å². The number of ether oxygens (including phenoxy) is 2. The van der Waals surface area contributed by atoms with E-state index in [1.165, 1.54) is 5.56 Å². The third-order valence-corrected chi connectivity index (χ3v) is 6.42. The molecule has 1 N–H and O–H groups in total. The average Bonchev–Trinajstić information content (AvgIpc) is 3.27. The molecule has 4 rings (SSSR count). The summed E-state index contributed by atoms with van der Waals surface area (Å²) in [5.41, 5.74) is 2.70. The molecule has 1 aliphatic carbocycles. The van der Waals surface area contributed by atoms with Crippen molar-refractivity contribution < 1.29 is 23.8 Å². The number of carboxylic acid groups (broad SMARTS) is 1. The molecule has 1 saturated carbocycles. The maximum Gasteiger partial charge on any atom is 0.335 e. The second-order valence-corrected chi connectivity index (χ2v) is 9.62. The highest BCUT2D eigenvalue weighted by molar-refractivity contribution is 5.76. The first-order valence-electron chi connectivity index (χ1n) is 11.9. The number of carbonyl (C=O) groups is 1. The van der Waals surface area contributed by atoms with Crippen molar-refractivity contribution in [2.24, 2.45) is 5.92 Å². The van der Waals surface area contributed by atoms with E-state index in [2.05, 4.69) is 6.92 Å². The Balaban J connectivity index is 1.45. The minimum absolute atomic E-state index is 0.0819. The third kappa shape index (κ3) is 5.93. The Kier molecular flexibility index (Phi) is 7.49. The Hall–Kier alpha value is -2.96. The average molecular weight is 464 g/mol. The van der Waals surface area contributed by atoms with E-state index in [0.29, 0.717) is 19.1 Å². The van der Waals surface area contributed by atoms with Gasteiger partial charge in [0.1, 0.15) is 5.69 Å². The summed E-state index contributed by atoms with van der Waals surface area (Å²) in [6.45, 7) is 6.02. The zero-order valence-corrected chi connectivity index (χ0v) is 20.1. The smallest absolute Gasteiger partial charge is 0.335 e. The van der Waals surface area contributed by atoms with Crippen LogP contribution in [-0.4, -0.2) is 34.4 Å². The van der Waals surface area contributed by atoms with Gasteiger partial charge in [0.25, 0.3) is 0 Å². The van der Waals surface area contributed by atoms with Crippen molar-refractivity contribution in [3.05, 3.63) is 65.9 Å². The van der Waals surface area contributed by atoms with Crippen molar-refractivity contribution in [2.75, 3.05) is 6.61 Å². The van der Waals surface area contributed by atoms with Crippen molar-refractivity contribution in [3.8, 4) is 22.8 Å². The Morgan fingerprint density at radius 2 is 1.82 bits per heavy atom. The maximum absolute atomic E-state index is 11.3. The van der Waals surface area contributed by atoms with Crippen LogP contribution >= 0.6 is 0 Å². The molecule has 1 heterocycles. The Morgan fingerprint density at radius 3 is 2.53 bits per heavy atom. The number of hydrogen-bond acceptors (Lipinski definition) is 5. The Bertz CT molecular complexity index is 1090. The van der Waals surface area contributed by atoms with Crippen molar-refractivity contribution in [3.63, 3.8) is 0 Å². The number of hydrogen-bond donors (Lipinski definition) is 1. The van der Waals surface area contributed by atoms with Gasteiger partial charge in [-0.15, -0.1) is 0 Å². The zero-order valence-electron chi connectivity index (χ0n) is 20.1. The topological polar surface area (TPSA) is 81.8 Å². The highest BCUT2D eigenvalue weighted by Crippen LogP contribution is 2.33. The molecule has 6 nitrogen and oxygen atoms in total. The number of oxazole rings is 1. The Morgan fingerprint density at radius 1 is 1.09 bits per heavy atom. The summed E-state index contributed by atoms with van der Waals surface area (Å²) in [4.78, 5) is 16.1. The lowest BCUT2D eigenvalue weighted by Crippen LogP contribution is -2.37. The number of aromatic nitrogens is 1. The first-order chi connectivity index (χ1) is 16.3. The van der Waals surface area contributed by atoms with Gasteiger partial charge in [-0.2, -0.15) is 0 Å². The summed E-state index contributed by atoms with van der Waals surface area (Å²) in [5.74, 6) is 0.657. The molecule has 0 amide bonds. The van der Waals surface area contributed by atoms with Crippen LogP contribution in [0.3, 0.4) is 0 Å². The van der Waals surface area contributed by atoms with Gasteiger partial charge < -0.3 is 19.0 Å². The van der Waals surface area contributed by atoms with Gasteiger partial charge in [-0.3, -0.25) is 0 Å². The maximum atomic E-state index is 11.3. The molecule has 0 bridgehead atoms. The van der Waals surface area contributed by atoms with Gasteiger partial charge in [0, 0.05) is 11.1 Å². The molecule has 0 spiro atoms. The number of benzene rings is 2. The van der Waals surface area contributed by atoms with Crippen LogP contribution in [0.25, 0.3) is 22.8 Å². The summed E-state index contributed by atoms with van der Waals surface area (Å²) in [7, 11) is 0. The monoisotopic (exact) mass is 463 g/mol. The molecule has 3 aromatic rings. The zero-order chi connectivity index (χ0) is 24.1. The van der Waals surface area contributed by atoms with E-state index in [0.717, 1.165) is 48.3 Å². The Labute approximate surface area is 200 Å². The lowest BCUT2D eigenvalue weighted by molar-refractivity contribution is -0.163.